The van der Waals surface area contributed by atoms with Crippen LogP contribution in [0.1, 0.15) is 17.9 Å². The van der Waals surface area contributed by atoms with E-state index in [1.807, 2.05) is 12.1 Å². The lowest BCUT2D eigenvalue weighted by molar-refractivity contribution is 0.110. The molecule has 0 bridgehead atoms. The van der Waals surface area contributed by atoms with Crippen molar-refractivity contribution in [3.05, 3.63) is 28.2 Å². The van der Waals surface area contributed by atoms with Crippen molar-refractivity contribution in [2.75, 3.05) is 25.5 Å². The molecule has 1 saturated heterocycles. The number of benzene rings is 1. The molecular weight excluding hydrogens is 296 g/mol. The summed E-state index contributed by atoms with van der Waals surface area (Å²) >= 11 is 3.57. The summed E-state index contributed by atoms with van der Waals surface area (Å²) in [4.78, 5) is 13.4. The largest absolute Gasteiger partial charge is 0.453 e. The van der Waals surface area contributed by atoms with Crippen LogP contribution in [0.25, 0.3) is 0 Å². The van der Waals surface area contributed by atoms with Gasteiger partial charge in [-0.15, -0.1) is 0 Å². The van der Waals surface area contributed by atoms with E-state index in [1.165, 1.54) is 18.4 Å². The fourth-order valence-corrected chi connectivity index (χ4v) is 3.42. The predicted octanol–water partition coefficient (Wildman–Crippen LogP) is 2.80. The van der Waals surface area contributed by atoms with E-state index in [-0.39, 0.29) is 6.09 Å². The first-order valence-corrected chi connectivity index (χ1v) is 6.88. The molecule has 0 aromatic heterocycles. The number of rotatable bonds is 0. The predicted molar refractivity (Wildman–Crippen MR) is 72.9 cm³/mol. The van der Waals surface area contributed by atoms with Crippen LogP contribution in [-0.4, -0.2) is 37.2 Å². The molecule has 96 valence electrons. The first-order valence-electron chi connectivity index (χ1n) is 6.08. The van der Waals surface area contributed by atoms with E-state index in [4.69, 9.17) is 4.74 Å². The Morgan fingerprint density at radius 3 is 3.17 bits per heavy atom. The summed E-state index contributed by atoms with van der Waals surface area (Å²) in [7, 11) is 1.44. The number of hydrogen-bond acceptors (Lipinski definition) is 3. The number of piperidine rings is 1. The van der Waals surface area contributed by atoms with Gasteiger partial charge in [-0.25, -0.2) is 4.79 Å². The van der Waals surface area contributed by atoms with Crippen molar-refractivity contribution in [2.45, 2.75) is 18.4 Å². The first-order chi connectivity index (χ1) is 8.70. The molecule has 1 aromatic carbocycles. The Labute approximate surface area is 114 Å². The van der Waals surface area contributed by atoms with Gasteiger partial charge < -0.3 is 15.0 Å². The van der Waals surface area contributed by atoms with Crippen LogP contribution in [0.15, 0.2) is 22.7 Å². The van der Waals surface area contributed by atoms with Crippen LogP contribution in [-0.2, 0) is 4.74 Å². The highest BCUT2D eigenvalue weighted by Crippen LogP contribution is 2.43. The normalized spacial score (nSPS) is 25.1. The van der Waals surface area contributed by atoms with E-state index < -0.39 is 0 Å². The molecule has 1 aromatic rings. The Hall–Kier alpha value is -1.23. The minimum Gasteiger partial charge on any atom is -0.453 e. The van der Waals surface area contributed by atoms with Crippen molar-refractivity contribution in [1.82, 2.24) is 4.90 Å². The van der Waals surface area contributed by atoms with Gasteiger partial charge in [0.05, 0.1) is 12.8 Å². The van der Waals surface area contributed by atoms with Crippen LogP contribution in [0.2, 0.25) is 0 Å². The van der Waals surface area contributed by atoms with E-state index in [2.05, 4.69) is 27.3 Å². The van der Waals surface area contributed by atoms with Crippen LogP contribution < -0.4 is 5.32 Å². The zero-order chi connectivity index (χ0) is 12.7. The number of nitrogens with zero attached hydrogens (tertiary/aromatic N) is 1. The van der Waals surface area contributed by atoms with Gasteiger partial charge in [0, 0.05) is 29.5 Å². The van der Waals surface area contributed by atoms with Crippen molar-refractivity contribution in [3.63, 3.8) is 0 Å². The van der Waals surface area contributed by atoms with Gasteiger partial charge in [-0.2, -0.15) is 0 Å². The van der Waals surface area contributed by atoms with E-state index in [9.17, 15) is 4.79 Å². The number of carbonyl (C=O) groups excluding carboxylic acids is 1. The summed E-state index contributed by atoms with van der Waals surface area (Å²) in [5, 5.41) is 3.56. The maximum atomic E-state index is 11.6. The molecular formula is C13H15BrN2O2. The smallest absolute Gasteiger partial charge is 0.409 e. The Balaban J connectivity index is 1.88. The number of anilines is 1. The number of likely N-dealkylation sites (tertiary alicyclic amines) is 1. The molecule has 18 heavy (non-hydrogen) atoms. The second kappa shape index (κ2) is 4.46. The monoisotopic (exact) mass is 310 g/mol. The minimum atomic E-state index is -0.225. The highest BCUT2D eigenvalue weighted by Gasteiger charge is 2.38. The molecule has 0 saturated carbocycles. The zero-order valence-corrected chi connectivity index (χ0v) is 11.7. The third kappa shape index (κ3) is 1.77. The van der Waals surface area contributed by atoms with Crippen LogP contribution in [0, 0.1) is 0 Å². The van der Waals surface area contributed by atoms with Gasteiger partial charge in [-0.1, -0.05) is 12.1 Å². The molecule has 0 aliphatic carbocycles. The molecule has 4 nitrogen and oxygen atoms in total. The lowest BCUT2D eigenvalue weighted by Gasteiger charge is -2.34. The molecule has 2 aliphatic heterocycles. The quantitative estimate of drug-likeness (QED) is 0.801. The number of methoxy groups -OCH3 is 1. The molecule has 2 atom stereocenters. The molecule has 0 spiro atoms. The standard InChI is InChI=1S/C13H15BrN2O2/c1-18-13(17)16-6-5-11-9(7-16)8-3-2-4-10(14)12(8)15-11/h2-4,9,11,15H,5-7H2,1H3. The van der Waals surface area contributed by atoms with E-state index in [0.29, 0.717) is 12.0 Å². The van der Waals surface area contributed by atoms with Gasteiger partial charge in [0.2, 0.25) is 0 Å². The average Bonchev–Trinajstić information content (AvgIpc) is 2.77. The maximum Gasteiger partial charge on any atom is 0.409 e. The fourth-order valence-electron chi connectivity index (χ4n) is 2.92. The van der Waals surface area contributed by atoms with Gasteiger partial charge in [-0.05, 0) is 34.0 Å². The summed E-state index contributed by atoms with van der Waals surface area (Å²) in [6, 6.07) is 6.66. The van der Waals surface area contributed by atoms with Crippen LogP contribution in [0.4, 0.5) is 10.5 Å². The Bertz CT molecular complexity index is 492. The molecule has 2 heterocycles. The average molecular weight is 311 g/mol. The topological polar surface area (TPSA) is 41.6 Å². The summed E-state index contributed by atoms with van der Waals surface area (Å²) in [6.45, 7) is 1.49. The van der Waals surface area contributed by atoms with Crippen LogP contribution in [0.3, 0.4) is 0 Å². The molecule has 2 aliphatic rings. The van der Waals surface area contributed by atoms with Gasteiger partial charge in [0.25, 0.3) is 0 Å². The van der Waals surface area contributed by atoms with E-state index in [0.717, 1.165) is 24.0 Å². The molecule has 1 fully saturated rings. The van der Waals surface area contributed by atoms with Crippen LogP contribution >= 0.6 is 15.9 Å². The van der Waals surface area contributed by atoms with Gasteiger partial charge in [0.1, 0.15) is 0 Å². The van der Waals surface area contributed by atoms with Crippen molar-refractivity contribution < 1.29 is 9.53 Å². The number of carbonyl (C=O) groups is 1. The Morgan fingerprint density at radius 2 is 2.39 bits per heavy atom. The Kier molecular flexibility index (Phi) is 2.93. The lowest BCUT2D eigenvalue weighted by Crippen LogP contribution is -2.44. The SMILES string of the molecule is COC(=O)N1CCC2Nc3c(Br)cccc3C2C1. The second-order valence-electron chi connectivity index (χ2n) is 4.77. The van der Waals surface area contributed by atoms with Crippen molar-refractivity contribution >= 4 is 27.7 Å². The minimum absolute atomic E-state index is 0.225. The second-order valence-corrected chi connectivity index (χ2v) is 5.62. The summed E-state index contributed by atoms with van der Waals surface area (Å²) in [6.07, 6.45) is 0.734. The van der Waals surface area contributed by atoms with Crippen LogP contribution in [0.5, 0.6) is 0 Å². The molecule has 5 heteroatoms. The molecule has 3 rings (SSSR count). The summed E-state index contributed by atoms with van der Waals surface area (Å²) in [5.41, 5.74) is 2.47. The highest BCUT2D eigenvalue weighted by molar-refractivity contribution is 9.10. The summed E-state index contributed by atoms with van der Waals surface area (Å²) in [5.74, 6) is 0.366. The fraction of sp³-hybridized carbons (Fsp3) is 0.462. The van der Waals surface area contributed by atoms with Gasteiger partial charge >= 0.3 is 6.09 Å². The number of nitrogens with one attached hydrogen (secondary N) is 1. The number of amides is 1. The third-order valence-corrected chi connectivity index (χ3v) is 4.48. The van der Waals surface area contributed by atoms with Gasteiger partial charge in [0.15, 0.2) is 0 Å². The number of fused-ring (bicyclic) bond motifs is 3. The Morgan fingerprint density at radius 1 is 1.56 bits per heavy atom. The number of para-hydroxylation sites is 1. The van der Waals surface area contributed by atoms with Crippen molar-refractivity contribution in [2.24, 2.45) is 0 Å². The molecule has 1 N–H and O–H groups in total. The number of ether oxygens (including phenoxy) is 1. The molecule has 1 amide bonds. The highest BCUT2D eigenvalue weighted by atomic mass is 79.9. The van der Waals surface area contributed by atoms with E-state index >= 15 is 0 Å². The maximum absolute atomic E-state index is 11.6. The number of halogens is 1. The third-order valence-electron chi connectivity index (χ3n) is 3.82. The van der Waals surface area contributed by atoms with E-state index in [1.54, 1.807) is 4.90 Å². The number of hydrogen-bond donors (Lipinski definition) is 1. The molecule has 0 radical (unpaired) electrons. The van der Waals surface area contributed by atoms with Crippen molar-refractivity contribution in [3.8, 4) is 0 Å². The van der Waals surface area contributed by atoms with Crippen molar-refractivity contribution in [1.29, 1.82) is 0 Å². The summed E-state index contributed by atoms with van der Waals surface area (Å²) < 4.78 is 5.90. The lowest BCUT2D eigenvalue weighted by atomic mass is 9.89. The zero-order valence-electron chi connectivity index (χ0n) is 10.1. The first kappa shape index (κ1) is 11.8. The van der Waals surface area contributed by atoms with Gasteiger partial charge in [-0.3, -0.25) is 0 Å². The molecule has 2 unspecified atom stereocenters.